The topological polar surface area (TPSA) is 113 Å². The molecule has 5 rings (SSSR count). The van der Waals surface area contributed by atoms with E-state index in [1.807, 2.05) is 18.2 Å². The monoisotopic (exact) mass is 566 g/mol. The van der Waals surface area contributed by atoms with Crippen molar-refractivity contribution < 1.29 is 8.78 Å². The van der Waals surface area contributed by atoms with E-state index in [4.69, 9.17) is 26.3 Å². The molecule has 10 heteroatoms. The van der Waals surface area contributed by atoms with E-state index in [2.05, 4.69) is 19.4 Å². The number of halogens is 2. The van der Waals surface area contributed by atoms with E-state index in [9.17, 15) is 21.0 Å². The average Bonchev–Trinajstić information content (AvgIpc) is 3.48. The minimum atomic E-state index is -1.07. The number of nitriles is 4. The number of fused-ring (bicyclic) bond motifs is 2. The first kappa shape index (κ1) is 27.9. The lowest BCUT2D eigenvalue weighted by Gasteiger charge is -2.13. The van der Waals surface area contributed by atoms with E-state index in [0.717, 1.165) is 0 Å². The maximum Gasteiger partial charge on any atom is 0.230 e. The number of rotatable bonds is 2. The highest BCUT2D eigenvalue weighted by Gasteiger charge is 2.37. The second kappa shape index (κ2) is 10.8. The van der Waals surface area contributed by atoms with Crippen LogP contribution in [0.15, 0.2) is 60.2 Å². The molecule has 3 aromatic rings. The van der Waals surface area contributed by atoms with Crippen molar-refractivity contribution in [3.63, 3.8) is 0 Å². The van der Waals surface area contributed by atoms with Gasteiger partial charge >= 0.3 is 0 Å². The van der Waals surface area contributed by atoms with Gasteiger partial charge in [0.05, 0.1) is 60.7 Å². The van der Waals surface area contributed by atoms with E-state index in [-0.39, 0.29) is 78.3 Å². The molecule has 0 saturated heterocycles. The van der Waals surface area contributed by atoms with Gasteiger partial charge in [0.25, 0.3) is 0 Å². The van der Waals surface area contributed by atoms with Crippen LogP contribution < -0.4 is 0 Å². The Kier molecular flexibility index (Phi) is 6.83. The van der Waals surface area contributed by atoms with E-state index in [0.29, 0.717) is 0 Å². The van der Waals surface area contributed by atoms with Crippen LogP contribution in [-0.2, 0) is 0 Å². The maximum absolute atomic E-state index is 16.0. The van der Waals surface area contributed by atoms with E-state index in [1.165, 1.54) is 48.5 Å². The Bertz CT molecular complexity index is 2150. The van der Waals surface area contributed by atoms with Gasteiger partial charge in [0, 0.05) is 16.7 Å². The largest absolute Gasteiger partial charge is 0.239 e. The van der Waals surface area contributed by atoms with Crippen molar-refractivity contribution in [2.75, 3.05) is 0 Å². The summed E-state index contributed by atoms with van der Waals surface area (Å²) in [4.78, 5) is 13.4. The van der Waals surface area contributed by atoms with Gasteiger partial charge in [-0.25, -0.2) is 28.2 Å². The first-order valence-corrected chi connectivity index (χ1v) is 12.2. The maximum atomic E-state index is 16.0. The van der Waals surface area contributed by atoms with Crippen molar-refractivity contribution in [2.24, 2.45) is 0 Å². The Balaban J connectivity index is 1.90. The lowest BCUT2D eigenvalue weighted by atomic mass is 9.90. The zero-order chi connectivity index (χ0) is 31.7. The Hall–Kier alpha value is -7.60. The molecule has 0 bridgehead atoms. The fourth-order valence-corrected chi connectivity index (χ4v) is 5.12. The van der Waals surface area contributed by atoms with Crippen LogP contribution in [0.3, 0.4) is 0 Å². The summed E-state index contributed by atoms with van der Waals surface area (Å²) in [5.41, 5.74) is -2.07. The highest BCUT2D eigenvalue weighted by molar-refractivity contribution is 6.17. The van der Waals surface area contributed by atoms with Gasteiger partial charge in [-0.2, -0.15) is 21.0 Å². The first-order valence-electron chi connectivity index (χ1n) is 12.2. The first-order chi connectivity index (χ1) is 21.3. The molecule has 0 atom stereocenters. The molecule has 3 aromatic carbocycles. The van der Waals surface area contributed by atoms with Crippen molar-refractivity contribution >= 4 is 45.1 Å². The molecule has 0 heterocycles. The Morgan fingerprint density at radius 1 is 0.591 bits per heavy atom. The molecule has 0 aromatic heterocycles. The lowest BCUT2D eigenvalue weighted by molar-refractivity contribution is 0.681. The van der Waals surface area contributed by atoms with Crippen LogP contribution in [0.5, 0.6) is 0 Å². The normalized spacial score (nSPS) is 14.8. The molecule has 0 amide bonds. The van der Waals surface area contributed by atoms with Crippen molar-refractivity contribution in [1.29, 1.82) is 21.0 Å². The zero-order valence-electron chi connectivity index (χ0n) is 22.0. The Morgan fingerprint density at radius 2 is 1.18 bits per heavy atom. The fourth-order valence-electron chi connectivity index (χ4n) is 5.12. The molecule has 0 fully saturated rings. The van der Waals surface area contributed by atoms with Gasteiger partial charge in [-0.3, -0.25) is 0 Å². The summed E-state index contributed by atoms with van der Waals surface area (Å²) in [6.45, 7) is 30.2. The van der Waals surface area contributed by atoms with E-state index < -0.39 is 22.9 Å². The van der Waals surface area contributed by atoms with Crippen LogP contribution in [0, 0.1) is 71.6 Å². The minimum absolute atomic E-state index is 0.00122. The number of benzene rings is 3. The standard InChI is InChI=1S/C34H8F2N8/c1-41-21-8-19(9-22(10-21)42-2)27(15-39)29-25-12-24-23(11-26(25)34(44-4)32(29)36)28(16-40)31(35)30(24)33(43-3)20-6-17(13-37)5-18(7-20)14-38/h5-12H/b29-27-,33-30+. The smallest absolute Gasteiger partial charge is 0.230 e. The van der Waals surface area contributed by atoms with Gasteiger partial charge in [0.1, 0.15) is 23.8 Å². The SMILES string of the molecule is [C-]#[N+]C1=C(F)/C(=C(/C#N)c2cc([N+]#[C-])cc([N+]#[C-])c2)c2cc3c(cc21)C(C#N)=C(F)/C3=C(/[N+]#[C-])c1cc(C#N)cc(C#N)c1. The number of nitrogens with zero attached hydrogens (tertiary/aromatic N) is 8. The van der Waals surface area contributed by atoms with Crippen LogP contribution in [0.4, 0.5) is 20.2 Å². The van der Waals surface area contributed by atoms with E-state index >= 15 is 8.78 Å². The summed E-state index contributed by atoms with van der Waals surface area (Å²) in [6.07, 6.45) is 0. The molecule has 44 heavy (non-hydrogen) atoms. The number of allylic oxidation sites excluding steroid dienone is 6. The van der Waals surface area contributed by atoms with E-state index in [1.54, 1.807) is 6.07 Å². The molecule has 0 spiro atoms. The summed E-state index contributed by atoms with van der Waals surface area (Å²) in [7, 11) is 0. The lowest BCUT2D eigenvalue weighted by Crippen LogP contribution is -1.95. The molecule has 198 valence electrons. The second-order valence-corrected chi connectivity index (χ2v) is 9.20. The zero-order valence-corrected chi connectivity index (χ0v) is 22.0. The van der Waals surface area contributed by atoms with Crippen LogP contribution in [0.1, 0.15) is 44.5 Å². The molecule has 0 unspecified atom stereocenters. The summed E-state index contributed by atoms with van der Waals surface area (Å²) in [5.74, 6) is -2.13. The van der Waals surface area contributed by atoms with Crippen LogP contribution in [0.2, 0.25) is 0 Å². The molecule has 2 aliphatic rings. The minimum Gasteiger partial charge on any atom is -0.239 e. The number of hydrogen-bond donors (Lipinski definition) is 0. The molecule has 0 N–H and O–H groups in total. The highest BCUT2D eigenvalue weighted by atomic mass is 19.1. The summed E-state index contributed by atoms with van der Waals surface area (Å²) in [5, 5.41) is 38.9. The van der Waals surface area contributed by atoms with Gasteiger partial charge in [-0.15, -0.1) is 0 Å². The molecule has 8 nitrogen and oxygen atoms in total. The third kappa shape index (κ3) is 4.13. The van der Waals surface area contributed by atoms with Gasteiger partial charge in [-0.05, 0) is 52.1 Å². The summed E-state index contributed by atoms with van der Waals surface area (Å²) in [6, 6.07) is 17.8. The van der Waals surface area contributed by atoms with Crippen LogP contribution in [0.25, 0.3) is 53.1 Å². The van der Waals surface area contributed by atoms with Crippen molar-refractivity contribution in [3.8, 4) is 24.3 Å². The van der Waals surface area contributed by atoms with Gasteiger partial charge in [-0.1, -0.05) is 24.3 Å². The third-order valence-electron chi connectivity index (χ3n) is 6.94. The highest BCUT2D eigenvalue weighted by Crippen LogP contribution is 2.53. The van der Waals surface area contributed by atoms with Gasteiger partial charge in [0.2, 0.25) is 11.4 Å². The summed E-state index contributed by atoms with van der Waals surface area (Å²) < 4.78 is 32.0. The fraction of sp³-hybridized carbons (Fsp3) is 0. The molecule has 0 radical (unpaired) electrons. The molecule has 0 aliphatic heterocycles. The molecule has 0 saturated carbocycles. The summed E-state index contributed by atoms with van der Waals surface area (Å²) >= 11 is 0. The molecular formula is C34H8F2N8. The predicted octanol–water partition coefficient (Wildman–Crippen LogP) is 8.54. The Labute approximate surface area is 249 Å². The van der Waals surface area contributed by atoms with Crippen molar-refractivity contribution in [1.82, 2.24) is 0 Å². The Morgan fingerprint density at radius 3 is 1.68 bits per heavy atom. The van der Waals surface area contributed by atoms with Crippen LogP contribution in [-0.4, -0.2) is 0 Å². The van der Waals surface area contributed by atoms with Crippen LogP contribution >= 0.6 is 0 Å². The quantitative estimate of drug-likeness (QED) is 0.228. The van der Waals surface area contributed by atoms with Gasteiger partial charge in [0.15, 0.2) is 11.4 Å². The second-order valence-electron chi connectivity index (χ2n) is 9.20. The van der Waals surface area contributed by atoms with Crippen molar-refractivity contribution in [2.45, 2.75) is 0 Å². The molecule has 2 aliphatic carbocycles. The van der Waals surface area contributed by atoms with Gasteiger partial charge < -0.3 is 0 Å². The van der Waals surface area contributed by atoms with Crippen molar-refractivity contribution in [3.05, 3.63) is 150 Å². The average molecular weight is 566 g/mol. The third-order valence-corrected chi connectivity index (χ3v) is 6.94. The number of hydrogen-bond acceptors (Lipinski definition) is 4. The molecular weight excluding hydrogens is 558 g/mol. The predicted molar refractivity (Wildman–Crippen MR) is 155 cm³/mol.